The van der Waals surface area contributed by atoms with E-state index in [4.69, 9.17) is 9.15 Å². The van der Waals surface area contributed by atoms with Crippen molar-refractivity contribution in [3.05, 3.63) is 11.6 Å². The molecular formula is C9H15NO2. The molecule has 1 aromatic heterocycles. The summed E-state index contributed by atoms with van der Waals surface area (Å²) >= 11 is 0. The van der Waals surface area contributed by atoms with Crippen molar-refractivity contribution in [2.24, 2.45) is 0 Å². The number of rotatable bonds is 1. The van der Waals surface area contributed by atoms with E-state index in [-0.39, 0.29) is 5.41 Å². The van der Waals surface area contributed by atoms with Gasteiger partial charge >= 0.3 is 5.95 Å². The van der Waals surface area contributed by atoms with E-state index in [1.54, 1.807) is 7.11 Å². The van der Waals surface area contributed by atoms with Crippen molar-refractivity contribution in [1.29, 1.82) is 0 Å². The van der Waals surface area contributed by atoms with Gasteiger partial charge in [-0.25, -0.2) is 4.98 Å². The van der Waals surface area contributed by atoms with Crippen LogP contribution in [0.4, 0.5) is 0 Å². The van der Waals surface area contributed by atoms with Gasteiger partial charge in [0, 0.05) is 5.41 Å². The van der Waals surface area contributed by atoms with Crippen molar-refractivity contribution in [3.63, 3.8) is 0 Å². The third-order valence-electron chi connectivity index (χ3n) is 1.58. The molecule has 68 valence electrons. The lowest BCUT2D eigenvalue weighted by Crippen LogP contribution is -2.11. The van der Waals surface area contributed by atoms with Gasteiger partial charge in [-0.15, -0.1) is 0 Å². The van der Waals surface area contributed by atoms with E-state index in [0.717, 1.165) is 11.6 Å². The summed E-state index contributed by atoms with van der Waals surface area (Å²) in [6, 6.07) is 0. The Labute approximate surface area is 72.7 Å². The Morgan fingerprint density at radius 3 is 2.17 bits per heavy atom. The number of methoxy groups -OCH3 is 1. The highest BCUT2D eigenvalue weighted by Gasteiger charge is 2.22. The fraction of sp³-hybridized carbons (Fsp3) is 0.667. The van der Waals surface area contributed by atoms with Crippen LogP contribution < -0.4 is 4.74 Å². The first-order valence-electron chi connectivity index (χ1n) is 3.97. The molecule has 0 saturated heterocycles. The Balaban J connectivity index is 3.05. The smallest absolute Gasteiger partial charge is 0.307 e. The molecular weight excluding hydrogens is 154 g/mol. The second-order valence-corrected chi connectivity index (χ2v) is 3.85. The average Bonchev–Trinajstić information content (AvgIpc) is 2.29. The molecule has 1 heterocycles. The van der Waals surface area contributed by atoms with Crippen LogP contribution >= 0.6 is 0 Å². The quantitative estimate of drug-likeness (QED) is 0.647. The number of nitrogens with zero attached hydrogens (tertiary/aromatic N) is 1. The first-order chi connectivity index (χ1) is 5.45. The summed E-state index contributed by atoms with van der Waals surface area (Å²) in [6.07, 6.45) is 0. The van der Waals surface area contributed by atoms with E-state index in [1.807, 2.05) is 6.92 Å². The highest BCUT2D eigenvalue weighted by atomic mass is 16.6. The number of aryl methyl sites for hydroxylation is 1. The van der Waals surface area contributed by atoms with E-state index in [9.17, 15) is 0 Å². The van der Waals surface area contributed by atoms with Crippen LogP contribution in [0.5, 0.6) is 5.95 Å². The van der Waals surface area contributed by atoms with Crippen LogP contribution in [0.3, 0.4) is 0 Å². The molecule has 0 aliphatic carbocycles. The molecule has 0 N–H and O–H groups in total. The van der Waals surface area contributed by atoms with Gasteiger partial charge in [0.25, 0.3) is 0 Å². The molecule has 0 unspecified atom stereocenters. The van der Waals surface area contributed by atoms with Crippen molar-refractivity contribution in [2.75, 3.05) is 7.11 Å². The zero-order chi connectivity index (χ0) is 9.35. The van der Waals surface area contributed by atoms with Crippen molar-refractivity contribution in [2.45, 2.75) is 33.1 Å². The SMILES string of the molecule is COc1oc(C(C)(C)C)nc1C. The zero-order valence-corrected chi connectivity index (χ0v) is 8.26. The van der Waals surface area contributed by atoms with Crippen LogP contribution in [0.15, 0.2) is 4.42 Å². The van der Waals surface area contributed by atoms with Gasteiger partial charge in [0.15, 0.2) is 0 Å². The molecule has 1 aromatic rings. The monoisotopic (exact) mass is 169 g/mol. The lowest BCUT2D eigenvalue weighted by Gasteiger charge is -2.11. The van der Waals surface area contributed by atoms with E-state index in [2.05, 4.69) is 25.8 Å². The molecule has 12 heavy (non-hydrogen) atoms. The molecule has 1 rings (SSSR count). The largest absolute Gasteiger partial charge is 0.467 e. The molecule has 0 bridgehead atoms. The summed E-state index contributed by atoms with van der Waals surface area (Å²) in [7, 11) is 1.58. The van der Waals surface area contributed by atoms with Crippen LogP contribution in [0.25, 0.3) is 0 Å². The number of hydrogen-bond donors (Lipinski definition) is 0. The summed E-state index contributed by atoms with van der Waals surface area (Å²) in [5.41, 5.74) is 0.754. The molecule has 0 saturated carbocycles. The molecule has 0 aliphatic heterocycles. The highest BCUT2D eigenvalue weighted by Crippen LogP contribution is 2.27. The van der Waals surface area contributed by atoms with Crippen molar-refractivity contribution in [3.8, 4) is 5.95 Å². The van der Waals surface area contributed by atoms with Crippen LogP contribution in [0.2, 0.25) is 0 Å². The molecule has 0 fully saturated rings. The molecule has 0 amide bonds. The lowest BCUT2D eigenvalue weighted by molar-refractivity contribution is 0.272. The molecule has 0 radical (unpaired) electrons. The van der Waals surface area contributed by atoms with Crippen LogP contribution in [0.1, 0.15) is 32.4 Å². The second-order valence-electron chi connectivity index (χ2n) is 3.85. The maximum absolute atomic E-state index is 5.39. The Morgan fingerprint density at radius 2 is 1.92 bits per heavy atom. The Bertz CT molecular complexity index is 271. The maximum atomic E-state index is 5.39. The summed E-state index contributed by atoms with van der Waals surface area (Å²) in [6.45, 7) is 8.03. The van der Waals surface area contributed by atoms with Crippen molar-refractivity contribution >= 4 is 0 Å². The minimum Gasteiger partial charge on any atom is -0.467 e. The summed E-state index contributed by atoms with van der Waals surface area (Å²) in [5.74, 6) is 1.23. The molecule has 0 spiro atoms. The average molecular weight is 169 g/mol. The second kappa shape index (κ2) is 2.81. The fourth-order valence-corrected chi connectivity index (χ4v) is 0.893. The van der Waals surface area contributed by atoms with E-state index in [0.29, 0.717) is 5.95 Å². The van der Waals surface area contributed by atoms with E-state index in [1.165, 1.54) is 0 Å². The number of hydrogen-bond acceptors (Lipinski definition) is 3. The van der Waals surface area contributed by atoms with Gasteiger partial charge < -0.3 is 9.15 Å². The van der Waals surface area contributed by atoms with Crippen LogP contribution in [-0.4, -0.2) is 12.1 Å². The van der Waals surface area contributed by atoms with Gasteiger partial charge in [-0.1, -0.05) is 20.8 Å². The molecule has 3 nitrogen and oxygen atoms in total. The van der Waals surface area contributed by atoms with Gasteiger partial charge in [-0.05, 0) is 6.92 Å². The predicted molar refractivity (Wildman–Crippen MR) is 46.5 cm³/mol. The predicted octanol–water partition coefficient (Wildman–Crippen LogP) is 2.29. The standard InChI is InChI=1S/C9H15NO2/c1-6-7(11-5)12-8(10-6)9(2,3)4/h1-5H3. The first kappa shape index (κ1) is 9.10. The van der Waals surface area contributed by atoms with Gasteiger partial charge in [0.2, 0.25) is 5.89 Å². The number of aromatic nitrogens is 1. The topological polar surface area (TPSA) is 35.3 Å². The minimum absolute atomic E-state index is 0.0540. The normalized spacial score (nSPS) is 11.8. The summed E-state index contributed by atoms with van der Waals surface area (Å²) < 4.78 is 10.4. The number of ether oxygens (including phenoxy) is 1. The molecule has 0 aromatic carbocycles. The van der Waals surface area contributed by atoms with Gasteiger partial charge in [-0.2, -0.15) is 0 Å². The maximum Gasteiger partial charge on any atom is 0.307 e. The Hall–Kier alpha value is -0.990. The third-order valence-corrected chi connectivity index (χ3v) is 1.58. The number of oxazole rings is 1. The third kappa shape index (κ3) is 1.60. The van der Waals surface area contributed by atoms with Crippen molar-refractivity contribution in [1.82, 2.24) is 4.98 Å². The Kier molecular flexibility index (Phi) is 2.13. The highest BCUT2D eigenvalue weighted by molar-refractivity contribution is 5.16. The summed E-state index contributed by atoms with van der Waals surface area (Å²) in [4.78, 5) is 4.26. The van der Waals surface area contributed by atoms with Crippen molar-refractivity contribution < 1.29 is 9.15 Å². The molecule has 3 heteroatoms. The van der Waals surface area contributed by atoms with Gasteiger partial charge in [0.05, 0.1) is 7.11 Å². The first-order valence-corrected chi connectivity index (χ1v) is 3.97. The Morgan fingerprint density at radius 1 is 1.33 bits per heavy atom. The van der Waals surface area contributed by atoms with Gasteiger partial charge in [0.1, 0.15) is 5.69 Å². The van der Waals surface area contributed by atoms with Crippen LogP contribution in [0, 0.1) is 6.92 Å². The molecule has 0 atom stereocenters. The van der Waals surface area contributed by atoms with E-state index < -0.39 is 0 Å². The zero-order valence-electron chi connectivity index (χ0n) is 8.26. The fourth-order valence-electron chi connectivity index (χ4n) is 0.893. The summed E-state index contributed by atoms with van der Waals surface area (Å²) in [5, 5.41) is 0. The van der Waals surface area contributed by atoms with Gasteiger partial charge in [-0.3, -0.25) is 0 Å². The van der Waals surface area contributed by atoms with Crippen LogP contribution in [-0.2, 0) is 5.41 Å². The molecule has 0 aliphatic rings. The minimum atomic E-state index is -0.0540. The van der Waals surface area contributed by atoms with E-state index >= 15 is 0 Å². The lowest BCUT2D eigenvalue weighted by atomic mass is 9.97.